The third-order valence-electron chi connectivity index (χ3n) is 5.93. The van der Waals surface area contributed by atoms with Crippen molar-refractivity contribution in [3.05, 3.63) is 34.9 Å². The second-order valence-corrected chi connectivity index (χ2v) is 10.4. The molecule has 1 aliphatic heterocycles. The molecule has 0 amide bonds. The smallest absolute Gasteiger partial charge is 0.320 e. The molecule has 188 valence electrons. The molecule has 0 spiro atoms. The van der Waals surface area contributed by atoms with Crippen molar-refractivity contribution in [3.8, 4) is 12.1 Å². The molecular weight excluding hydrogens is 442 g/mol. The van der Waals surface area contributed by atoms with Gasteiger partial charge in [-0.1, -0.05) is 32.9 Å². The van der Waals surface area contributed by atoms with E-state index in [0.717, 1.165) is 31.5 Å². The Kier molecular flexibility index (Phi) is 8.18. The molecule has 9 nitrogen and oxygen atoms in total. The van der Waals surface area contributed by atoms with Crippen LogP contribution < -0.4 is 20.1 Å². The first-order valence-electron chi connectivity index (χ1n) is 11.9. The highest BCUT2D eigenvalue weighted by Gasteiger charge is 2.25. The number of nitrogens with one attached hydrogen (secondary N) is 1. The van der Waals surface area contributed by atoms with Crippen LogP contribution in [-0.4, -0.2) is 67.6 Å². The molecule has 2 heterocycles. The number of piperidine rings is 1. The van der Waals surface area contributed by atoms with E-state index in [2.05, 4.69) is 59.1 Å². The second-order valence-electron chi connectivity index (χ2n) is 10.4. The van der Waals surface area contributed by atoms with Crippen LogP contribution in [0.5, 0.6) is 6.01 Å². The van der Waals surface area contributed by atoms with E-state index in [-0.39, 0.29) is 23.4 Å². The minimum Gasteiger partial charge on any atom is -0.859 e. The highest BCUT2D eigenvalue weighted by atomic mass is 16.5. The van der Waals surface area contributed by atoms with Gasteiger partial charge in [0, 0.05) is 39.4 Å². The molecule has 3 rings (SSSR count). The molecule has 0 saturated carbocycles. The van der Waals surface area contributed by atoms with Gasteiger partial charge in [0.25, 0.3) is 0 Å². The summed E-state index contributed by atoms with van der Waals surface area (Å²) in [4.78, 5) is 17.3. The quantitative estimate of drug-likeness (QED) is 0.477. The summed E-state index contributed by atoms with van der Waals surface area (Å²) in [6.07, 6.45) is 1.79. The maximum Gasteiger partial charge on any atom is 0.320 e. The molecule has 1 aromatic heterocycles. The largest absolute Gasteiger partial charge is 0.859 e. The third-order valence-corrected chi connectivity index (χ3v) is 5.93. The van der Waals surface area contributed by atoms with Gasteiger partial charge < -0.3 is 30.0 Å². The van der Waals surface area contributed by atoms with E-state index >= 15 is 0 Å². The van der Waals surface area contributed by atoms with Crippen LogP contribution in [0.1, 0.15) is 50.3 Å². The van der Waals surface area contributed by atoms with Crippen LogP contribution in [0.15, 0.2) is 23.2 Å². The highest BCUT2D eigenvalue weighted by Crippen LogP contribution is 2.32. The van der Waals surface area contributed by atoms with Crippen LogP contribution >= 0.6 is 0 Å². The van der Waals surface area contributed by atoms with Gasteiger partial charge in [-0.2, -0.15) is 15.2 Å². The summed E-state index contributed by atoms with van der Waals surface area (Å²) in [5.74, 6) is 0.548. The monoisotopic (exact) mass is 478 g/mol. The van der Waals surface area contributed by atoms with Gasteiger partial charge in [0.2, 0.25) is 0 Å². The van der Waals surface area contributed by atoms with Crippen LogP contribution in [0.2, 0.25) is 0 Å². The molecule has 1 saturated heterocycles. The second kappa shape index (κ2) is 10.9. The van der Waals surface area contributed by atoms with E-state index in [1.807, 2.05) is 24.9 Å². The minimum atomic E-state index is -0.312. The first kappa shape index (κ1) is 26.2. The van der Waals surface area contributed by atoms with E-state index in [0.29, 0.717) is 35.0 Å². The van der Waals surface area contributed by atoms with E-state index in [4.69, 9.17) is 4.74 Å². The van der Waals surface area contributed by atoms with Crippen LogP contribution in [0.4, 0.5) is 17.3 Å². The number of benzene rings is 1. The molecule has 0 radical (unpaired) electrons. The van der Waals surface area contributed by atoms with Crippen molar-refractivity contribution < 1.29 is 9.84 Å². The number of hydrogen-bond donors (Lipinski definition) is 1. The van der Waals surface area contributed by atoms with Crippen molar-refractivity contribution in [1.82, 2.24) is 14.9 Å². The Morgan fingerprint density at radius 3 is 2.60 bits per heavy atom. The molecule has 0 bridgehead atoms. The molecule has 1 N–H and O–H groups in total. The lowest BCUT2D eigenvalue weighted by molar-refractivity contribution is -0.213. The van der Waals surface area contributed by atoms with Gasteiger partial charge in [-0.3, -0.25) is 0 Å². The number of likely N-dealkylation sites (tertiary alicyclic amines) is 1. The molecule has 1 aromatic carbocycles. The molecule has 1 fully saturated rings. The van der Waals surface area contributed by atoms with Gasteiger partial charge in [-0.15, -0.1) is 0 Å². The molecule has 1 aliphatic rings. The molecule has 35 heavy (non-hydrogen) atoms. The Labute approximate surface area is 208 Å². The average molecular weight is 479 g/mol. The van der Waals surface area contributed by atoms with Crippen molar-refractivity contribution >= 4 is 23.2 Å². The molecule has 9 heteroatoms. The van der Waals surface area contributed by atoms with Crippen molar-refractivity contribution in [2.45, 2.75) is 46.6 Å². The predicted octanol–water partition coefficient (Wildman–Crippen LogP) is 3.09. The first-order valence-corrected chi connectivity index (χ1v) is 11.9. The number of ether oxygens (including phenoxy) is 1. The summed E-state index contributed by atoms with van der Waals surface area (Å²) in [5.41, 5.74) is 2.35. The van der Waals surface area contributed by atoms with Gasteiger partial charge in [0.15, 0.2) is 11.6 Å². The van der Waals surface area contributed by atoms with E-state index < -0.39 is 0 Å². The number of rotatable bonds is 7. The van der Waals surface area contributed by atoms with Gasteiger partial charge in [-0.05, 0) is 55.3 Å². The molecular formula is C26H36N7O2-. The number of aryl methyl sites for hydroxylation is 1. The van der Waals surface area contributed by atoms with Gasteiger partial charge in [-0.25, -0.2) is 0 Å². The molecule has 0 unspecified atom stereocenters. The average Bonchev–Trinajstić information content (AvgIpc) is 2.80. The van der Waals surface area contributed by atoms with Crippen LogP contribution in [-0.2, 0) is 0 Å². The number of nitrogens with zero attached hydrogens (tertiary/aromatic N) is 6. The van der Waals surface area contributed by atoms with Crippen molar-refractivity contribution in [2.75, 3.05) is 51.0 Å². The number of aromatic nitrogens is 2. The van der Waals surface area contributed by atoms with Crippen LogP contribution in [0.25, 0.3) is 0 Å². The minimum absolute atomic E-state index is 0.00999. The third kappa shape index (κ3) is 6.83. The Bertz CT molecular complexity index is 1110. The van der Waals surface area contributed by atoms with Crippen molar-refractivity contribution in [3.63, 3.8) is 0 Å². The normalized spacial score (nSPS) is 15.5. The number of aliphatic imine (C=N–C) groups is 1. The standard InChI is InChI=1S/C26H37N7O2/c1-17-8-9-18(24(34)28-5)14-21(17)29-22-20(15-27)23(33(7)16-26(2,3)4)31-25(30-22)35-19-10-12-32(6)13-11-19/h8-9,14,19H,10-13,16H2,1-7H3,(H,28,34)(H,29,30,31)/p-1. The van der Waals surface area contributed by atoms with Crippen molar-refractivity contribution in [2.24, 2.45) is 10.4 Å². The van der Waals surface area contributed by atoms with Gasteiger partial charge in [0.1, 0.15) is 17.7 Å². The number of hydrogen-bond acceptors (Lipinski definition) is 9. The maximum absolute atomic E-state index is 12.1. The summed E-state index contributed by atoms with van der Waals surface area (Å²) in [7, 11) is 5.49. The first-order chi connectivity index (χ1) is 16.5. The van der Waals surface area contributed by atoms with E-state index in [1.165, 1.54) is 7.05 Å². The van der Waals surface area contributed by atoms with E-state index in [1.54, 1.807) is 12.1 Å². The zero-order valence-electron chi connectivity index (χ0n) is 21.8. The molecule has 0 atom stereocenters. The Hall–Kier alpha value is -3.38. The number of anilines is 3. The SMILES string of the molecule is CN=C([O-])c1ccc(C)c(Nc2nc(OC3CCN(C)CC3)nc(N(C)CC(C)(C)C)c2C#N)c1. The van der Waals surface area contributed by atoms with Gasteiger partial charge >= 0.3 is 6.01 Å². The fourth-order valence-electron chi connectivity index (χ4n) is 4.14. The van der Waals surface area contributed by atoms with Gasteiger partial charge in [0.05, 0.1) is 0 Å². The Morgan fingerprint density at radius 1 is 1.31 bits per heavy atom. The summed E-state index contributed by atoms with van der Waals surface area (Å²) < 4.78 is 6.22. The summed E-state index contributed by atoms with van der Waals surface area (Å²) in [6, 6.07) is 7.82. The van der Waals surface area contributed by atoms with Crippen molar-refractivity contribution in [1.29, 1.82) is 5.26 Å². The Morgan fingerprint density at radius 2 is 2.00 bits per heavy atom. The van der Waals surface area contributed by atoms with Crippen LogP contribution in [0, 0.1) is 23.7 Å². The predicted molar refractivity (Wildman–Crippen MR) is 138 cm³/mol. The summed E-state index contributed by atoms with van der Waals surface area (Å²) >= 11 is 0. The van der Waals surface area contributed by atoms with Crippen LogP contribution in [0.3, 0.4) is 0 Å². The molecule has 0 aliphatic carbocycles. The summed E-state index contributed by atoms with van der Waals surface area (Å²) in [6.45, 7) is 10.9. The fourth-order valence-corrected chi connectivity index (χ4v) is 4.14. The lowest BCUT2D eigenvalue weighted by Gasteiger charge is -2.30. The zero-order chi connectivity index (χ0) is 25.8. The topological polar surface area (TPSA) is 113 Å². The van der Waals surface area contributed by atoms with E-state index in [9.17, 15) is 10.4 Å². The maximum atomic E-state index is 12.1. The highest BCUT2D eigenvalue weighted by molar-refractivity contribution is 5.92. The lowest BCUT2D eigenvalue weighted by Crippen LogP contribution is -2.36. The number of nitriles is 1. The zero-order valence-corrected chi connectivity index (χ0v) is 21.8. The Balaban J connectivity index is 2.05. The molecule has 2 aromatic rings. The lowest BCUT2D eigenvalue weighted by atomic mass is 9.96. The fraction of sp³-hybridized carbons (Fsp3) is 0.538. The summed E-state index contributed by atoms with van der Waals surface area (Å²) in [5, 5.41) is 25.5.